The zero-order valence-electron chi connectivity index (χ0n) is 15.2. The molecule has 0 unspecified atom stereocenters. The van der Waals surface area contributed by atoms with Gasteiger partial charge in [-0.2, -0.15) is 0 Å². The SMILES string of the molecule is CC[C@H](COC(=O)Nc1ccccc1)N1C(=O)CS[C@@H]1c1ccc(Cl)cc1Cl. The van der Waals surface area contributed by atoms with E-state index in [1.54, 1.807) is 29.2 Å². The number of halogens is 2. The van der Waals surface area contributed by atoms with E-state index < -0.39 is 6.09 Å². The van der Waals surface area contributed by atoms with Crippen LogP contribution in [0.5, 0.6) is 0 Å². The van der Waals surface area contributed by atoms with Crippen LogP contribution in [0.2, 0.25) is 10.0 Å². The summed E-state index contributed by atoms with van der Waals surface area (Å²) in [6, 6.07) is 14.1. The molecular formula is C20H20Cl2N2O3S. The van der Waals surface area contributed by atoms with Gasteiger partial charge in [0, 0.05) is 21.3 Å². The highest BCUT2D eigenvalue weighted by Gasteiger charge is 2.38. The molecule has 5 nitrogen and oxygen atoms in total. The van der Waals surface area contributed by atoms with Crippen LogP contribution in [0, 0.1) is 0 Å². The molecule has 0 spiro atoms. The summed E-state index contributed by atoms with van der Waals surface area (Å²) in [7, 11) is 0. The van der Waals surface area contributed by atoms with Crippen LogP contribution < -0.4 is 5.32 Å². The van der Waals surface area contributed by atoms with Crippen molar-refractivity contribution in [2.75, 3.05) is 17.7 Å². The number of nitrogens with zero attached hydrogens (tertiary/aromatic N) is 1. The zero-order valence-corrected chi connectivity index (χ0v) is 17.6. The second kappa shape index (κ2) is 9.54. The number of amides is 2. The molecule has 2 amide bonds. The van der Waals surface area contributed by atoms with Gasteiger partial charge in [-0.1, -0.05) is 54.4 Å². The summed E-state index contributed by atoms with van der Waals surface area (Å²) >= 11 is 13.9. The molecule has 8 heteroatoms. The van der Waals surface area contributed by atoms with Gasteiger partial charge in [0.2, 0.25) is 5.91 Å². The van der Waals surface area contributed by atoms with E-state index >= 15 is 0 Å². The molecule has 0 bridgehead atoms. The zero-order chi connectivity index (χ0) is 20.1. The number of rotatable bonds is 6. The fourth-order valence-corrected chi connectivity index (χ4v) is 4.88. The molecule has 0 aromatic heterocycles. The smallest absolute Gasteiger partial charge is 0.411 e. The highest BCUT2D eigenvalue weighted by Crippen LogP contribution is 2.43. The van der Waals surface area contributed by atoms with Crippen molar-refractivity contribution in [2.24, 2.45) is 0 Å². The third-order valence-corrected chi connectivity index (χ3v) is 6.20. The van der Waals surface area contributed by atoms with Crippen molar-refractivity contribution >= 4 is 52.7 Å². The van der Waals surface area contributed by atoms with E-state index in [1.807, 2.05) is 31.2 Å². The van der Waals surface area contributed by atoms with Gasteiger partial charge in [-0.05, 0) is 30.7 Å². The van der Waals surface area contributed by atoms with E-state index in [2.05, 4.69) is 5.32 Å². The van der Waals surface area contributed by atoms with E-state index in [0.717, 1.165) is 5.56 Å². The van der Waals surface area contributed by atoms with Gasteiger partial charge in [0.15, 0.2) is 0 Å². The minimum absolute atomic E-state index is 0.0000609. The van der Waals surface area contributed by atoms with E-state index in [0.29, 0.717) is 27.9 Å². The number of carbonyl (C=O) groups is 2. The third kappa shape index (κ3) is 4.93. The Balaban J connectivity index is 1.69. The summed E-state index contributed by atoms with van der Waals surface area (Å²) < 4.78 is 5.39. The number of anilines is 1. The highest BCUT2D eigenvalue weighted by molar-refractivity contribution is 8.00. The van der Waals surface area contributed by atoms with Gasteiger partial charge >= 0.3 is 6.09 Å². The molecule has 0 radical (unpaired) electrons. The molecule has 2 aromatic carbocycles. The summed E-state index contributed by atoms with van der Waals surface area (Å²) in [5.74, 6) is 0.357. The van der Waals surface area contributed by atoms with Crippen LogP contribution in [0.15, 0.2) is 48.5 Å². The molecule has 2 atom stereocenters. The minimum Gasteiger partial charge on any atom is -0.447 e. The standard InChI is InChI=1S/C20H20Cl2N2O3S/c1-2-15(11-27-20(26)23-14-6-4-3-5-7-14)24-18(25)12-28-19(24)16-9-8-13(21)10-17(16)22/h3-10,15,19H,2,11-12H2,1H3,(H,23,26)/t15-,19-/m1/s1. The predicted octanol–water partition coefficient (Wildman–Crippen LogP) is 5.59. The molecule has 3 rings (SSSR count). The lowest BCUT2D eigenvalue weighted by Gasteiger charge is -2.32. The Morgan fingerprint density at radius 1 is 1.29 bits per heavy atom. The summed E-state index contributed by atoms with van der Waals surface area (Å²) in [5, 5.41) is 3.50. The lowest BCUT2D eigenvalue weighted by Crippen LogP contribution is -2.41. The highest BCUT2D eigenvalue weighted by atomic mass is 35.5. The topological polar surface area (TPSA) is 58.6 Å². The number of thioether (sulfide) groups is 1. The Morgan fingerprint density at radius 3 is 2.71 bits per heavy atom. The van der Waals surface area contributed by atoms with Crippen molar-refractivity contribution < 1.29 is 14.3 Å². The number of carbonyl (C=O) groups excluding carboxylic acids is 2. The summed E-state index contributed by atoms with van der Waals surface area (Å²) in [6.07, 6.45) is 0.0946. The quantitative estimate of drug-likeness (QED) is 0.637. The average molecular weight is 439 g/mol. The largest absolute Gasteiger partial charge is 0.447 e. The molecule has 148 valence electrons. The molecule has 1 fully saturated rings. The van der Waals surface area contributed by atoms with E-state index in [-0.39, 0.29) is 23.9 Å². The summed E-state index contributed by atoms with van der Waals surface area (Å²) in [5.41, 5.74) is 1.48. The van der Waals surface area contributed by atoms with Gasteiger partial charge in [-0.15, -0.1) is 11.8 Å². The van der Waals surface area contributed by atoms with Crippen molar-refractivity contribution in [3.05, 3.63) is 64.1 Å². The number of para-hydroxylation sites is 1. The lowest BCUT2D eigenvalue weighted by molar-refractivity contribution is -0.131. The van der Waals surface area contributed by atoms with Gasteiger partial charge in [0.25, 0.3) is 0 Å². The number of hydrogen-bond donors (Lipinski definition) is 1. The first-order valence-electron chi connectivity index (χ1n) is 8.86. The third-order valence-electron chi connectivity index (χ3n) is 4.43. The second-order valence-corrected chi connectivity index (χ2v) is 8.19. The van der Waals surface area contributed by atoms with Crippen molar-refractivity contribution in [3.8, 4) is 0 Å². The van der Waals surface area contributed by atoms with Gasteiger partial charge in [-0.25, -0.2) is 4.79 Å². The average Bonchev–Trinajstić information content (AvgIpc) is 3.04. The van der Waals surface area contributed by atoms with Crippen LogP contribution in [0.4, 0.5) is 10.5 Å². The molecule has 1 N–H and O–H groups in total. The molecule has 28 heavy (non-hydrogen) atoms. The minimum atomic E-state index is -0.551. The Labute approximate surface area is 178 Å². The van der Waals surface area contributed by atoms with Gasteiger partial charge in [0.1, 0.15) is 12.0 Å². The predicted molar refractivity (Wildman–Crippen MR) is 114 cm³/mol. The number of hydrogen-bond acceptors (Lipinski definition) is 4. The first-order valence-corrected chi connectivity index (χ1v) is 10.7. The number of benzene rings is 2. The van der Waals surface area contributed by atoms with Crippen LogP contribution in [0.1, 0.15) is 24.3 Å². The van der Waals surface area contributed by atoms with Crippen molar-refractivity contribution in [1.29, 1.82) is 0 Å². The Bertz CT molecular complexity index is 851. The van der Waals surface area contributed by atoms with Crippen molar-refractivity contribution in [2.45, 2.75) is 24.8 Å². The fraction of sp³-hybridized carbons (Fsp3) is 0.300. The van der Waals surface area contributed by atoms with Crippen LogP contribution in [0.3, 0.4) is 0 Å². The molecule has 0 aliphatic carbocycles. The molecule has 1 aliphatic heterocycles. The molecular weight excluding hydrogens is 419 g/mol. The van der Waals surface area contributed by atoms with E-state index in [1.165, 1.54) is 11.8 Å². The maximum Gasteiger partial charge on any atom is 0.411 e. The van der Waals surface area contributed by atoms with Gasteiger partial charge in [0.05, 0.1) is 11.8 Å². The molecule has 1 saturated heterocycles. The van der Waals surface area contributed by atoms with E-state index in [4.69, 9.17) is 27.9 Å². The van der Waals surface area contributed by atoms with Crippen molar-refractivity contribution in [3.63, 3.8) is 0 Å². The number of ether oxygens (including phenoxy) is 1. The maximum atomic E-state index is 12.6. The van der Waals surface area contributed by atoms with Crippen molar-refractivity contribution in [1.82, 2.24) is 4.90 Å². The van der Waals surface area contributed by atoms with Crippen LogP contribution in [0.25, 0.3) is 0 Å². The second-order valence-electron chi connectivity index (χ2n) is 6.28. The molecule has 1 aliphatic rings. The fourth-order valence-electron chi connectivity index (χ4n) is 3.01. The van der Waals surface area contributed by atoms with Gasteiger partial charge in [-0.3, -0.25) is 10.1 Å². The van der Waals surface area contributed by atoms with Crippen LogP contribution in [-0.4, -0.2) is 35.3 Å². The monoisotopic (exact) mass is 438 g/mol. The van der Waals surface area contributed by atoms with E-state index in [9.17, 15) is 9.59 Å². The van der Waals surface area contributed by atoms with Crippen LogP contribution in [-0.2, 0) is 9.53 Å². The Morgan fingerprint density at radius 2 is 2.04 bits per heavy atom. The number of nitrogens with one attached hydrogen (secondary N) is 1. The first-order chi connectivity index (χ1) is 13.5. The Hall–Kier alpha value is -1.89. The normalized spacial score (nSPS) is 17.5. The molecule has 0 saturated carbocycles. The van der Waals surface area contributed by atoms with Gasteiger partial charge < -0.3 is 9.64 Å². The molecule has 2 aromatic rings. The molecule has 1 heterocycles. The summed E-state index contributed by atoms with van der Waals surface area (Å²) in [4.78, 5) is 26.4. The van der Waals surface area contributed by atoms with Crippen LogP contribution >= 0.6 is 35.0 Å². The maximum absolute atomic E-state index is 12.6. The first kappa shape index (κ1) is 20.8. The lowest BCUT2D eigenvalue weighted by atomic mass is 10.1. The summed E-state index contributed by atoms with van der Waals surface area (Å²) in [6.45, 7) is 2.06. The Kier molecular flexibility index (Phi) is 7.10.